The molecule has 0 heterocycles. The molecule has 0 aliphatic heterocycles. The van der Waals surface area contributed by atoms with Gasteiger partial charge in [-0.1, -0.05) is 77.0 Å². The lowest BCUT2D eigenvalue weighted by Gasteiger charge is -2.00. The average molecular weight is 521 g/mol. The summed E-state index contributed by atoms with van der Waals surface area (Å²) in [6.07, 6.45) is 25.0. The van der Waals surface area contributed by atoms with Crippen LogP contribution in [0.4, 0.5) is 0 Å². The fourth-order valence-electron chi connectivity index (χ4n) is 3.28. The maximum atomic E-state index is 5.40. The molecule has 0 bridgehead atoms. The highest BCUT2D eigenvalue weighted by molar-refractivity contribution is 4.48. The number of nitrogens with two attached hydrogens (primary N) is 8. The Labute approximate surface area is 226 Å². The van der Waals surface area contributed by atoms with Crippen molar-refractivity contribution >= 4 is 0 Å². The molecule has 0 saturated carbocycles. The third-order valence-electron chi connectivity index (χ3n) is 5.63. The summed E-state index contributed by atoms with van der Waals surface area (Å²) in [5.74, 6) is 0. The maximum absolute atomic E-state index is 5.40. The monoisotopic (exact) mass is 521 g/mol. The van der Waals surface area contributed by atoms with Crippen LogP contribution in [0.25, 0.3) is 0 Å². The van der Waals surface area contributed by atoms with Gasteiger partial charge in [0.15, 0.2) is 0 Å². The van der Waals surface area contributed by atoms with Crippen LogP contribution >= 0.6 is 0 Å². The van der Waals surface area contributed by atoms with E-state index in [1.165, 1.54) is 103 Å². The molecule has 0 spiro atoms. The molecule has 0 saturated heterocycles. The molecule has 0 fully saturated rings. The molecule has 0 aromatic carbocycles. The highest BCUT2D eigenvalue weighted by Crippen LogP contribution is 2.07. The van der Waals surface area contributed by atoms with E-state index in [1.54, 1.807) is 0 Å². The van der Waals surface area contributed by atoms with E-state index in [4.69, 9.17) is 45.9 Å². The van der Waals surface area contributed by atoms with E-state index in [-0.39, 0.29) is 0 Å². The van der Waals surface area contributed by atoms with Gasteiger partial charge >= 0.3 is 0 Å². The molecule has 0 aliphatic carbocycles. The molecule has 0 radical (unpaired) electrons. The molecule has 8 heteroatoms. The Balaban J connectivity index is -0.000000195. The maximum Gasteiger partial charge on any atom is -0.00768 e. The lowest BCUT2D eigenvalue weighted by Crippen LogP contribution is -2.03. The summed E-state index contributed by atoms with van der Waals surface area (Å²) >= 11 is 0. The molecule has 36 heavy (non-hydrogen) atoms. The summed E-state index contributed by atoms with van der Waals surface area (Å²) in [5, 5.41) is 0. The molecule has 0 aromatic rings. The first-order valence-electron chi connectivity index (χ1n) is 15.3. The highest BCUT2D eigenvalue weighted by atomic mass is 14.5. The third kappa shape index (κ3) is 64.1. The first-order valence-corrected chi connectivity index (χ1v) is 15.3. The quantitative estimate of drug-likeness (QED) is 0.0881. The smallest absolute Gasteiger partial charge is 0.00768 e. The summed E-state index contributed by atoms with van der Waals surface area (Å²) in [6, 6.07) is 0. The van der Waals surface area contributed by atoms with Crippen LogP contribution in [0.3, 0.4) is 0 Å². The fourth-order valence-corrected chi connectivity index (χ4v) is 3.28. The second kappa shape index (κ2) is 51.3. The van der Waals surface area contributed by atoms with Gasteiger partial charge in [0.05, 0.1) is 0 Å². The Bertz CT molecular complexity index is 269. The first-order chi connectivity index (χ1) is 17.7. The first kappa shape index (κ1) is 42.8. The molecule has 0 rings (SSSR count). The summed E-state index contributed by atoms with van der Waals surface area (Å²) in [5.41, 5.74) is 42.4. The SMILES string of the molecule is NCCCCCCCCCCN.NCCCCCCCCN.NCCCCCCN.NCCCCN. The zero-order valence-electron chi connectivity index (χ0n) is 24.4. The largest absolute Gasteiger partial charge is 0.330 e. The van der Waals surface area contributed by atoms with Crippen molar-refractivity contribution in [2.75, 3.05) is 52.4 Å². The molecular weight excluding hydrogens is 448 g/mol. The van der Waals surface area contributed by atoms with Crippen LogP contribution in [0.2, 0.25) is 0 Å². The number of rotatable bonds is 24. The van der Waals surface area contributed by atoms with Crippen LogP contribution in [0.1, 0.15) is 128 Å². The topological polar surface area (TPSA) is 208 Å². The molecule has 8 nitrogen and oxygen atoms in total. The molecule has 224 valence electrons. The lowest BCUT2D eigenvalue weighted by atomic mass is 10.1. The molecule has 16 N–H and O–H groups in total. The van der Waals surface area contributed by atoms with Gasteiger partial charge in [0.25, 0.3) is 0 Å². The van der Waals surface area contributed by atoms with E-state index < -0.39 is 0 Å². The van der Waals surface area contributed by atoms with Crippen molar-refractivity contribution in [2.24, 2.45) is 45.9 Å². The number of unbranched alkanes of at least 4 members (excludes halogenated alkanes) is 16. The average Bonchev–Trinajstić information content (AvgIpc) is 2.90. The molecular formula is C28H72N8. The Hall–Kier alpha value is -0.320. The molecule has 0 aromatic heterocycles. The Morgan fingerprint density at radius 1 is 0.139 bits per heavy atom. The van der Waals surface area contributed by atoms with E-state index in [0.717, 1.165) is 78.0 Å². The van der Waals surface area contributed by atoms with Gasteiger partial charge in [0.2, 0.25) is 0 Å². The van der Waals surface area contributed by atoms with Gasteiger partial charge in [-0.2, -0.15) is 0 Å². The van der Waals surface area contributed by atoms with Crippen molar-refractivity contribution in [1.29, 1.82) is 0 Å². The lowest BCUT2D eigenvalue weighted by molar-refractivity contribution is 0.572. The van der Waals surface area contributed by atoms with Crippen LogP contribution in [-0.4, -0.2) is 52.4 Å². The van der Waals surface area contributed by atoms with Gasteiger partial charge in [-0.25, -0.2) is 0 Å². The number of hydrogen-bond acceptors (Lipinski definition) is 8. The van der Waals surface area contributed by atoms with Crippen molar-refractivity contribution in [3.05, 3.63) is 0 Å². The zero-order chi connectivity index (χ0) is 27.8. The van der Waals surface area contributed by atoms with E-state index in [9.17, 15) is 0 Å². The standard InChI is InChI=1S/C10H24N2.C8H20N2.C6H16N2.C4H12N2/c11-9-7-5-3-1-2-4-6-8-10-12;9-7-5-3-1-2-4-6-8-10;7-5-3-1-2-4-6-8;5-3-1-2-4-6/h1-12H2;1-10H2;1-8H2;1-6H2. The number of hydrogen-bond donors (Lipinski definition) is 8. The van der Waals surface area contributed by atoms with Crippen molar-refractivity contribution in [3.8, 4) is 0 Å². The minimum Gasteiger partial charge on any atom is -0.330 e. The van der Waals surface area contributed by atoms with Gasteiger partial charge in [-0.3, -0.25) is 0 Å². The Kier molecular flexibility index (Phi) is 61.0. The van der Waals surface area contributed by atoms with E-state index in [1.807, 2.05) is 0 Å². The van der Waals surface area contributed by atoms with Crippen molar-refractivity contribution in [2.45, 2.75) is 128 Å². The van der Waals surface area contributed by atoms with Gasteiger partial charge in [-0.05, 0) is 104 Å². The highest BCUT2D eigenvalue weighted by Gasteiger charge is 1.90. The Morgan fingerprint density at radius 3 is 0.333 bits per heavy atom. The molecule has 0 aliphatic rings. The summed E-state index contributed by atoms with van der Waals surface area (Å²) < 4.78 is 0. The van der Waals surface area contributed by atoms with Crippen LogP contribution < -0.4 is 45.9 Å². The van der Waals surface area contributed by atoms with E-state index in [2.05, 4.69) is 0 Å². The normalized spacial score (nSPS) is 10.0. The van der Waals surface area contributed by atoms with Gasteiger partial charge < -0.3 is 45.9 Å². The minimum absolute atomic E-state index is 0.775. The van der Waals surface area contributed by atoms with Crippen molar-refractivity contribution in [1.82, 2.24) is 0 Å². The fraction of sp³-hybridized carbons (Fsp3) is 1.00. The van der Waals surface area contributed by atoms with Crippen molar-refractivity contribution < 1.29 is 0 Å². The van der Waals surface area contributed by atoms with Gasteiger partial charge in [0, 0.05) is 0 Å². The Morgan fingerprint density at radius 2 is 0.222 bits per heavy atom. The van der Waals surface area contributed by atoms with Crippen LogP contribution in [0.15, 0.2) is 0 Å². The van der Waals surface area contributed by atoms with Crippen LogP contribution in [0.5, 0.6) is 0 Å². The van der Waals surface area contributed by atoms with Gasteiger partial charge in [-0.15, -0.1) is 0 Å². The zero-order valence-corrected chi connectivity index (χ0v) is 24.4. The van der Waals surface area contributed by atoms with E-state index >= 15 is 0 Å². The van der Waals surface area contributed by atoms with Crippen molar-refractivity contribution in [3.63, 3.8) is 0 Å². The molecule has 0 atom stereocenters. The van der Waals surface area contributed by atoms with Crippen LogP contribution in [0, 0.1) is 0 Å². The van der Waals surface area contributed by atoms with Gasteiger partial charge in [0.1, 0.15) is 0 Å². The van der Waals surface area contributed by atoms with E-state index in [0.29, 0.717) is 0 Å². The predicted octanol–water partition coefficient (Wildman–Crippen LogP) is 3.42. The molecule has 0 unspecified atom stereocenters. The second-order valence-corrected chi connectivity index (χ2v) is 9.38. The molecule has 0 amide bonds. The predicted molar refractivity (Wildman–Crippen MR) is 165 cm³/mol. The minimum atomic E-state index is 0.775. The second-order valence-electron chi connectivity index (χ2n) is 9.38. The summed E-state index contributed by atoms with van der Waals surface area (Å²) in [7, 11) is 0. The van der Waals surface area contributed by atoms with Crippen LogP contribution in [-0.2, 0) is 0 Å². The summed E-state index contributed by atoms with van der Waals surface area (Å²) in [4.78, 5) is 0. The third-order valence-corrected chi connectivity index (χ3v) is 5.63. The summed E-state index contributed by atoms with van der Waals surface area (Å²) in [6.45, 7) is 6.59.